The quantitative estimate of drug-likeness (QED) is 0.296. The van der Waals surface area contributed by atoms with Crippen molar-refractivity contribution in [3.8, 4) is 11.1 Å². The first kappa shape index (κ1) is 16.8. The van der Waals surface area contributed by atoms with Gasteiger partial charge in [0, 0.05) is 0 Å². The number of para-hydroxylation sites is 2. The summed E-state index contributed by atoms with van der Waals surface area (Å²) < 4.78 is 0. The molecule has 0 radical (unpaired) electrons. The van der Waals surface area contributed by atoms with Gasteiger partial charge in [0.15, 0.2) is 0 Å². The number of rotatable bonds is 5. The zero-order chi connectivity index (χ0) is 18.3. The van der Waals surface area contributed by atoms with Crippen LogP contribution in [0, 0.1) is 0 Å². The van der Waals surface area contributed by atoms with E-state index in [4.69, 9.17) is 5.10 Å². The van der Waals surface area contributed by atoms with E-state index < -0.39 is 0 Å². The molecule has 0 aliphatic heterocycles. The standard InChI is InChI=1S/C25H20N2/c1-4-10-22(11-5-1)23-18-16-21(17-19-23)20-26-27(24-12-6-2-7-13-24)25-14-8-3-9-15-25/h1-20H/b26-20+. The second-order valence-electron chi connectivity index (χ2n) is 6.22. The fraction of sp³-hybridized carbons (Fsp3) is 0. The van der Waals surface area contributed by atoms with Gasteiger partial charge >= 0.3 is 0 Å². The molecule has 4 aromatic carbocycles. The van der Waals surface area contributed by atoms with Crippen molar-refractivity contribution in [1.29, 1.82) is 0 Å². The van der Waals surface area contributed by atoms with Gasteiger partial charge in [-0.15, -0.1) is 0 Å². The van der Waals surface area contributed by atoms with Crippen LogP contribution in [-0.2, 0) is 0 Å². The smallest absolute Gasteiger partial charge is 0.0652 e. The number of hydrogen-bond acceptors (Lipinski definition) is 2. The van der Waals surface area contributed by atoms with E-state index in [9.17, 15) is 0 Å². The maximum atomic E-state index is 4.75. The summed E-state index contributed by atoms with van der Waals surface area (Å²) in [4.78, 5) is 0. The highest BCUT2D eigenvalue weighted by Gasteiger charge is 2.06. The normalized spacial score (nSPS) is 10.8. The van der Waals surface area contributed by atoms with Crippen LogP contribution in [-0.4, -0.2) is 6.21 Å². The second-order valence-corrected chi connectivity index (χ2v) is 6.22. The average molecular weight is 348 g/mol. The Kier molecular flexibility index (Phi) is 5.07. The summed E-state index contributed by atoms with van der Waals surface area (Å²) in [5, 5.41) is 6.69. The maximum absolute atomic E-state index is 4.75. The summed E-state index contributed by atoms with van der Waals surface area (Å²) >= 11 is 0. The highest BCUT2D eigenvalue weighted by molar-refractivity contribution is 5.83. The number of nitrogens with zero attached hydrogens (tertiary/aromatic N) is 2. The summed E-state index contributed by atoms with van der Waals surface area (Å²) in [5.74, 6) is 0. The van der Waals surface area contributed by atoms with Crippen molar-refractivity contribution in [2.75, 3.05) is 5.01 Å². The van der Waals surface area contributed by atoms with Gasteiger partial charge < -0.3 is 0 Å². The highest BCUT2D eigenvalue weighted by Crippen LogP contribution is 2.25. The van der Waals surface area contributed by atoms with Crippen molar-refractivity contribution >= 4 is 17.6 Å². The Labute approximate surface area is 160 Å². The molecule has 0 unspecified atom stereocenters. The van der Waals surface area contributed by atoms with Crippen molar-refractivity contribution in [2.45, 2.75) is 0 Å². The molecule has 0 heterocycles. The summed E-state index contributed by atoms with van der Waals surface area (Å²) in [7, 11) is 0. The average Bonchev–Trinajstić information content (AvgIpc) is 2.76. The number of benzene rings is 4. The predicted molar refractivity (Wildman–Crippen MR) is 114 cm³/mol. The molecule has 4 rings (SSSR count). The van der Waals surface area contributed by atoms with Gasteiger partial charge in [0.1, 0.15) is 0 Å². The Morgan fingerprint density at radius 2 is 0.926 bits per heavy atom. The van der Waals surface area contributed by atoms with Crippen molar-refractivity contribution in [3.63, 3.8) is 0 Å². The van der Waals surface area contributed by atoms with Gasteiger partial charge in [-0.2, -0.15) is 5.10 Å². The van der Waals surface area contributed by atoms with E-state index in [2.05, 4.69) is 72.8 Å². The number of hydrazone groups is 1. The van der Waals surface area contributed by atoms with Crippen LogP contribution in [0.4, 0.5) is 11.4 Å². The Morgan fingerprint density at radius 1 is 0.481 bits per heavy atom. The molecule has 0 amide bonds. The van der Waals surface area contributed by atoms with Crippen molar-refractivity contribution < 1.29 is 0 Å². The Hall–Kier alpha value is -3.65. The van der Waals surface area contributed by atoms with Crippen LogP contribution in [0.2, 0.25) is 0 Å². The molecule has 0 aromatic heterocycles. The van der Waals surface area contributed by atoms with Gasteiger partial charge in [0.05, 0.1) is 17.6 Å². The monoisotopic (exact) mass is 348 g/mol. The van der Waals surface area contributed by atoms with Crippen LogP contribution in [0.1, 0.15) is 5.56 Å². The molecule has 0 fully saturated rings. The molecule has 2 heteroatoms. The first-order chi connectivity index (χ1) is 13.4. The fourth-order valence-corrected chi connectivity index (χ4v) is 2.94. The molecule has 130 valence electrons. The Balaban J connectivity index is 1.60. The third-order valence-electron chi connectivity index (χ3n) is 4.34. The fourth-order valence-electron chi connectivity index (χ4n) is 2.94. The molecule has 0 aliphatic rings. The lowest BCUT2D eigenvalue weighted by Crippen LogP contribution is -2.09. The number of anilines is 2. The largest absolute Gasteiger partial charge is 0.234 e. The van der Waals surface area contributed by atoms with Crippen molar-refractivity contribution in [1.82, 2.24) is 0 Å². The van der Waals surface area contributed by atoms with Gasteiger partial charge in [0.25, 0.3) is 0 Å². The van der Waals surface area contributed by atoms with Crippen LogP contribution in [0.15, 0.2) is 120 Å². The van der Waals surface area contributed by atoms with Gasteiger partial charge in [-0.25, -0.2) is 5.01 Å². The molecule has 0 spiro atoms. The van der Waals surface area contributed by atoms with Crippen molar-refractivity contribution in [3.05, 3.63) is 121 Å². The molecule has 0 saturated heterocycles. The SMILES string of the molecule is C(=N\N(c1ccccc1)c1ccccc1)/c1ccc(-c2ccccc2)cc1. The topological polar surface area (TPSA) is 15.6 Å². The summed E-state index contributed by atoms with van der Waals surface area (Å²) in [5.41, 5.74) is 5.54. The minimum atomic E-state index is 1.03. The zero-order valence-electron chi connectivity index (χ0n) is 14.9. The molecule has 0 atom stereocenters. The maximum Gasteiger partial charge on any atom is 0.0652 e. The molecule has 27 heavy (non-hydrogen) atoms. The molecule has 4 aromatic rings. The second kappa shape index (κ2) is 8.15. The lowest BCUT2D eigenvalue weighted by atomic mass is 10.0. The van der Waals surface area contributed by atoms with E-state index in [-0.39, 0.29) is 0 Å². The summed E-state index contributed by atoms with van der Waals surface area (Å²) in [6, 6.07) is 39.2. The van der Waals surface area contributed by atoms with E-state index >= 15 is 0 Å². The molecular weight excluding hydrogens is 328 g/mol. The molecule has 0 N–H and O–H groups in total. The Morgan fingerprint density at radius 3 is 1.44 bits per heavy atom. The van der Waals surface area contributed by atoms with Crippen LogP contribution in [0.5, 0.6) is 0 Å². The van der Waals surface area contributed by atoms with E-state index in [0.29, 0.717) is 0 Å². The van der Waals surface area contributed by atoms with Crippen LogP contribution < -0.4 is 5.01 Å². The Bertz CT molecular complexity index is 953. The lowest BCUT2D eigenvalue weighted by Gasteiger charge is -2.19. The van der Waals surface area contributed by atoms with Gasteiger partial charge in [-0.3, -0.25) is 0 Å². The zero-order valence-corrected chi connectivity index (χ0v) is 14.9. The molecule has 0 aliphatic carbocycles. The third-order valence-corrected chi connectivity index (χ3v) is 4.34. The highest BCUT2D eigenvalue weighted by atomic mass is 15.5. The molecule has 2 nitrogen and oxygen atoms in total. The van der Waals surface area contributed by atoms with Gasteiger partial charge in [-0.1, -0.05) is 91.0 Å². The van der Waals surface area contributed by atoms with Crippen LogP contribution in [0.3, 0.4) is 0 Å². The van der Waals surface area contributed by atoms with Gasteiger partial charge in [-0.05, 0) is 41.0 Å². The van der Waals surface area contributed by atoms with Gasteiger partial charge in [0.2, 0.25) is 0 Å². The first-order valence-electron chi connectivity index (χ1n) is 9.00. The lowest BCUT2D eigenvalue weighted by molar-refractivity contribution is 1.09. The minimum Gasteiger partial charge on any atom is -0.234 e. The predicted octanol–water partition coefficient (Wildman–Crippen LogP) is 6.53. The first-order valence-corrected chi connectivity index (χ1v) is 9.00. The van der Waals surface area contributed by atoms with E-state index in [1.54, 1.807) is 0 Å². The van der Waals surface area contributed by atoms with E-state index in [0.717, 1.165) is 16.9 Å². The molecule has 0 saturated carbocycles. The van der Waals surface area contributed by atoms with E-state index in [1.165, 1.54) is 11.1 Å². The summed E-state index contributed by atoms with van der Waals surface area (Å²) in [6.45, 7) is 0. The number of hydrogen-bond donors (Lipinski definition) is 0. The van der Waals surface area contributed by atoms with E-state index in [1.807, 2.05) is 53.7 Å². The molecule has 0 bridgehead atoms. The van der Waals surface area contributed by atoms with Crippen LogP contribution in [0.25, 0.3) is 11.1 Å². The molecular formula is C25H20N2. The minimum absolute atomic E-state index is 1.03. The van der Waals surface area contributed by atoms with Crippen LogP contribution >= 0.6 is 0 Å². The van der Waals surface area contributed by atoms with Crippen molar-refractivity contribution in [2.24, 2.45) is 5.10 Å². The third kappa shape index (κ3) is 4.13. The summed E-state index contributed by atoms with van der Waals surface area (Å²) in [6.07, 6.45) is 1.90.